The normalized spacial score (nSPS) is 16.2. The average molecular weight is 291 g/mol. The van der Waals surface area contributed by atoms with Gasteiger partial charge in [-0.25, -0.2) is 8.42 Å². The first-order chi connectivity index (χ1) is 8.64. The SMILES string of the molecule is CCCN(CC(=O)O)C(=O)C(C)(C)S(=O)(=O)C1CC1. The predicted octanol–water partition coefficient (Wildman–Crippen LogP) is 0.665. The number of carboxylic acids is 1. The van der Waals surface area contributed by atoms with Crippen LogP contribution in [0.2, 0.25) is 0 Å². The van der Waals surface area contributed by atoms with Crippen LogP contribution in [0.15, 0.2) is 0 Å². The Morgan fingerprint density at radius 3 is 2.21 bits per heavy atom. The highest BCUT2D eigenvalue weighted by atomic mass is 32.2. The molecule has 0 radical (unpaired) electrons. The van der Waals surface area contributed by atoms with E-state index in [0.29, 0.717) is 19.3 Å². The second-order valence-electron chi connectivity index (χ2n) is 5.38. The molecule has 6 nitrogen and oxygen atoms in total. The van der Waals surface area contributed by atoms with Crippen LogP contribution in [0.5, 0.6) is 0 Å². The number of carboxylic acid groups (broad SMARTS) is 1. The highest BCUT2D eigenvalue weighted by molar-refractivity contribution is 7.94. The van der Waals surface area contributed by atoms with Gasteiger partial charge in [0, 0.05) is 6.54 Å². The summed E-state index contributed by atoms with van der Waals surface area (Å²) in [6, 6.07) is 0. The van der Waals surface area contributed by atoms with Crippen LogP contribution >= 0.6 is 0 Å². The van der Waals surface area contributed by atoms with E-state index in [1.165, 1.54) is 13.8 Å². The van der Waals surface area contributed by atoms with E-state index in [1.54, 1.807) is 0 Å². The summed E-state index contributed by atoms with van der Waals surface area (Å²) in [4.78, 5) is 24.2. The smallest absolute Gasteiger partial charge is 0.323 e. The summed E-state index contributed by atoms with van der Waals surface area (Å²) in [5, 5.41) is 8.36. The second-order valence-corrected chi connectivity index (χ2v) is 8.15. The van der Waals surface area contributed by atoms with E-state index in [-0.39, 0.29) is 6.54 Å². The summed E-state index contributed by atoms with van der Waals surface area (Å²) in [6.45, 7) is 4.33. The summed E-state index contributed by atoms with van der Waals surface area (Å²) in [5.41, 5.74) is 0. The highest BCUT2D eigenvalue weighted by Crippen LogP contribution is 2.36. The van der Waals surface area contributed by atoms with Gasteiger partial charge in [-0.1, -0.05) is 6.92 Å². The first-order valence-electron chi connectivity index (χ1n) is 6.39. The summed E-state index contributed by atoms with van der Waals surface area (Å²) in [6.07, 6.45) is 1.76. The molecule has 1 N–H and O–H groups in total. The van der Waals surface area contributed by atoms with Gasteiger partial charge in [-0.15, -0.1) is 0 Å². The van der Waals surface area contributed by atoms with Crippen LogP contribution in [0.4, 0.5) is 0 Å². The monoisotopic (exact) mass is 291 g/mol. The molecule has 0 aromatic heterocycles. The van der Waals surface area contributed by atoms with E-state index in [1.807, 2.05) is 6.92 Å². The lowest BCUT2D eigenvalue weighted by atomic mass is 10.1. The van der Waals surface area contributed by atoms with Gasteiger partial charge in [0.25, 0.3) is 0 Å². The van der Waals surface area contributed by atoms with Crippen molar-refractivity contribution in [3.63, 3.8) is 0 Å². The summed E-state index contributed by atoms with van der Waals surface area (Å²) < 4.78 is 23.0. The van der Waals surface area contributed by atoms with Gasteiger partial charge in [0.15, 0.2) is 9.84 Å². The van der Waals surface area contributed by atoms with Gasteiger partial charge < -0.3 is 10.0 Å². The fraction of sp³-hybridized carbons (Fsp3) is 0.833. The van der Waals surface area contributed by atoms with Crippen LogP contribution in [-0.2, 0) is 19.4 Å². The Morgan fingerprint density at radius 1 is 1.32 bits per heavy atom. The summed E-state index contributed by atoms with van der Waals surface area (Å²) >= 11 is 0. The number of carbonyl (C=O) groups excluding carboxylic acids is 1. The van der Waals surface area contributed by atoms with Crippen LogP contribution in [0.1, 0.15) is 40.0 Å². The molecule has 0 unspecified atom stereocenters. The molecule has 19 heavy (non-hydrogen) atoms. The molecule has 1 amide bonds. The van der Waals surface area contributed by atoms with Crippen LogP contribution in [0.3, 0.4) is 0 Å². The second kappa shape index (κ2) is 5.48. The van der Waals surface area contributed by atoms with E-state index < -0.39 is 38.3 Å². The molecule has 1 aliphatic rings. The third-order valence-corrected chi connectivity index (χ3v) is 6.24. The maximum atomic E-state index is 12.4. The number of aliphatic carboxylic acids is 1. The van der Waals surface area contributed by atoms with E-state index in [0.717, 1.165) is 4.90 Å². The van der Waals surface area contributed by atoms with E-state index in [2.05, 4.69) is 0 Å². The third-order valence-electron chi connectivity index (χ3n) is 3.30. The zero-order valence-electron chi connectivity index (χ0n) is 11.5. The molecule has 1 aliphatic carbocycles. The minimum Gasteiger partial charge on any atom is -0.480 e. The number of amides is 1. The van der Waals surface area contributed by atoms with Crippen molar-refractivity contribution in [1.29, 1.82) is 0 Å². The van der Waals surface area contributed by atoms with E-state index >= 15 is 0 Å². The number of rotatable bonds is 7. The maximum Gasteiger partial charge on any atom is 0.323 e. The van der Waals surface area contributed by atoms with Crippen LogP contribution < -0.4 is 0 Å². The molecule has 110 valence electrons. The van der Waals surface area contributed by atoms with Gasteiger partial charge in [0.05, 0.1) is 5.25 Å². The highest BCUT2D eigenvalue weighted by Gasteiger charge is 2.51. The number of sulfone groups is 1. The molecule has 1 rings (SSSR count). The fourth-order valence-corrected chi connectivity index (χ4v) is 3.95. The number of carbonyl (C=O) groups is 2. The molecule has 0 spiro atoms. The lowest BCUT2D eigenvalue weighted by molar-refractivity contribution is -0.145. The van der Waals surface area contributed by atoms with Crippen molar-refractivity contribution in [2.75, 3.05) is 13.1 Å². The van der Waals surface area contributed by atoms with Crippen molar-refractivity contribution in [2.45, 2.75) is 50.0 Å². The molecule has 1 saturated carbocycles. The van der Waals surface area contributed by atoms with Crippen LogP contribution in [0.25, 0.3) is 0 Å². The van der Waals surface area contributed by atoms with E-state index in [9.17, 15) is 18.0 Å². The summed E-state index contributed by atoms with van der Waals surface area (Å²) in [5.74, 6) is -1.76. The molecule has 0 bridgehead atoms. The Balaban J connectivity index is 2.96. The number of hydrogen-bond acceptors (Lipinski definition) is 4. The first kappa shape index (κ1) is 15.9. The van der Waals surface area contributed by atoms with Crippen molar-refractivity contribution in [2.24, 2.45) is 0 Å². The lowest BCUT2D eigenvalue weighted by Crippen LogP contribution is -2.52. The maximum absolute atomic E-state index is 12.4. The van der Waals surface area contributed by atoms with Gasteiger partial charge >= 0.3 is 5.97 Å². The Labute approximate surface area is 113 Å². The fourth-order valence-electron chi connectivity index (χ4n) is 1.98. The van der Waals surface area contributed by atoms with Crippen molar-refractivity contribution in [3.8, 4) is 0 Å². The quantitative estimate of drug-likeness (QED) is 0.744. The minimum absolute atomic E-state index is 0.245. The molecule has 0 atom stereocenters. The van der Waals surface area contributed by atoms with E-state index in [4.69, 9.17) is 5.11 Å². The van der Waals surface area contributed by atoms with Crippen LogP contribution in [0, 0.1) is 0 Å². The topological polar surface area (TPSA) is 91.8 Å². The lowest BCUT2D eigenvalue weighted by Gasteiger charge is -2.30. The van der Waals surface area contributed by atoms with Crippen LogP contribution in [-0.4, -0.2) is 53.4 Å². The predicted molar refractivity (Wildman–Crippen MR) is 70.5 cm³/mol. The van der Waals surface area contributed by atoms with Crippen molar-refractivity contribution < 1.29 is 23.1 Å². The Bertz CT molecular complexity index is 465. The molecular formula is C12H21NO5S. The van der Waals surface area contributed by atoms with Gasteiger partial charge in [-0.05, 0) is 33.1 Å². The first-order valence-corrected chi connectivity index (χ1v) is 7.93. The van der Waals surface area contributed by atoms with Gasteiger partial charge in [0.1, 0.15) is 11.3 Å². The van der Waals surface area contributed by atoms with Gasteiger partial charge in [0.2, 0.25) is 5.91 Å². The molecule has 0 aliphatic heterocycles. The van der Waals surface area contributed by atoms with Crippen molar-refractivity contribution in [1.82, 2.24) is 4.90 Å². The van der Waals surface area contributed by atoms with Crippen molar-refractivity contribution in [3.05, 3.63) is 0 Å². The van der Waals surface area contributed by atoms with Gasteiger partial charge in [-0.2, -0.15) is 0 Å². The number of hydrogen-bond donors (Lipinski definition) is 1. The molecule has 0 aromatic rings. The summed E-state index contributed by atoms with van der Waals surface area (Å²) in [7, 11) is -3.55. The third kappa shape index (κ3) is 3.26. The molecule has 0 aromatic carbocycles. The molecular weight excluding hydrogens is 270 g/mol. The molecule has 7 heteroatoms. The Hall–Kier alpha value is -1.11. The molecule has 0 saturated heterocycles. The minimum atomic E-state index is -3.55. The molecule has 0 heterocycles. The number of nitrogens with zero attached hydrogens (tertiary/aromatic N) is 1. The van der Waals surface area contributed by atoms with Crippen molar-refractivity contribution >= 4 is 21.7 Å². The average Bonchev–Trinajstić information content (AvgIpc) is 3.10. The molecule has 1 fully saturated rings. The zero-order chi connectivity index (χ0) is 14.8. The Morgan fingerprint density at radius 2 is 1.84 bits per heavy atom. The largest absolute Gasteiger partial charge is 0.480 e. The zero-order valence-corrected chi connectivity index (χ0v) is 12.4. The van der Waals surface area contributed by atoms with Gasteiger partial charge in [-0.3, -0.25) is 9.59 Å². The standard InChI is InChI=1S/C12H21NO5S/c1-4-7-13(8-10(14)15)11(16)12(2,3)19(17,18)9-5-6-9/h9H,4-8H2,1-3H3,(H,14,15). The Kier molecular flexibility index (Phi) is 4.60.